The summed E-state index contributed by atoms with van der Waals surface area (Å²) in [6, 6.07) is 0.752. The van der Waals surface area contributed by atoms with Gasteiger partial charge in [-0.2, -0.15) is 11.8 Å². The quantitative estimate of drug-likeness (QED) is 0.857. The van der Waals surface area contributed by atoms with Gasteiger partial charge in [0.25, 0.3) is 0 Å². The molecule has 78 valence electrons. The third kappa shape index (κ3) is 3.26. The number of aromatic nitrogens is 1. The van der Waals surface area contributed by atoms with E-state index >= 15 is 0 Å². The van der Waals surface area contributed by atoms with Crippen LogP contribution in [-0.2, 0) is 5.75 Å². The van der Waals surface area contributed by atoms with Crippen molar-refractivity contribution in [3.05, 3.63) is 16.6 Å². The fraction of sp³-hybridized carbons (Fsp3) is 0.700. The first-order valence-corrected chi connectivity index (χ1v) is 7.17. The predicted molar refractivity (Wildman–Crippen MR) is 63.9 cm³/mol. The Bertz CT molecular complexity index is 243. The molecule has 0 bridgehead atoms. The zero-order chi connectivity index (χ0) is 9.64. The second-order valence-corrected chi connectivity index (χ2v) is 5.63. The monoisotopic (exact) mass is 228 g/mol. The van der Waals surface area contributed by atoms with Gasteiger partial charge in [-0.25, -0.2) is 0 Å². The largest absolute Gasteiger partial charge is 0.313 e. The van der Waals surface area contributed by atoms with Crippen molar-refractivity contribution in [2.24, 2.45) is 0 Å². The van der Waals surface area contributed by atoms with Crippen molar-refractivity contribution in [3.8, 4) is 0 Å². The molecular weight excluding hydrogens is 212 g/mol. The molecule has 14 heavy (non-hydrogen) atoms. The standard InChI is InChI=1S/C10H16N2S2/c1-2-4-12-9(3-1)6-13-7-10-5-11-8-14-10/h5,8-9,12H,1-4,6-7H2/t9-/m0/s1. The van der Waals surface area contributed by atoms with E-state index in [1.807, 2.05) is 23.5 Å². The van der Waals surface area contributed by atoms with E-state index in [2.05, 4.69) is 10.3 Å². The molecule has 1 aliphatic rings. The van der Waals surface area contributed by atoms with Gasteiger partial charge in [0.15, 0.2) is 0 Å². The third-order valence-corrected chi connectivity index (χ3v) is 4.57. The van der Waals surface area contributed by atoms with Crippen LogP contribution < -0.4 is 5.32 Å². The lowest BCUT2D eigenvalue weighted by atomic mass is 10.1. The second-order valence-electron chi connectivity index (χ2n) is 3.63. The third-order valence-electron chi connectivity index (χ3n) is 2.46. The van der Waals surface area contributed by atoms with Crippen molar-refractivity contribution in [2.45, 2.75) is 31.1 Å². The van der Waals surface area contributed by atoms with Crippen molar-refractivity contribution in [3.63, 3.8) is 0 Å². The van der Waals surface area contributed by atoms with Crippen LogP contribution in [0.4, 0.5) is 0 Å². The molecule has 2 nitrogen and oxygen atoms in total. The summed E-state index contributed by atoms with van der Waals surface area (Å²) < 4.78 is 0. The topological polar surface area (TPSA) is 24.9 Å². The molecule has 0 amide bonds. The summed E-state index contributed by atoms with van der Waals surface area (Å²) in [5.41, 5.74) is 1.91. The minimum absolute atomic E-state index is 0.752. The van der Waals surface area contributed by atoms with Gasteiger partial charge in [-0.1, -0.05) is 6.42 Å². The number of hydrogen-bond donors (Lipinski definition) is 1. The van der Waals surface area contributed by atoms with E-state index in [0.717, 1.165) is 11.8 Å². The molecule has 1 N–H and O–H groups in total. The number of nitrogens with zero attached hydrogens (tertiary/aromatic N) is 1. The van der Waals surface area contributed by atoms with E-state index in [1.165, 1.54) is 36.4 Å². The summed E-state index contributed by atoms with van der Waals surface area (Å²) in [4.78, 5) is 5.47. The molecule has 0 saturated carbocycles. The Hall–Kier alpha value is -0.0600. The van der Waals surface area contributed by atoms with Crippen LogP contribution in [0.25, 0.3) is 0 Å². The lowest BCUT2D eigenvalue weighted by Gasteiger charge is -2.22. The van der Waals surface area contributed by atoms with E-state index < -0.39 is 0 Å². The second kappa shape index (κ2) is 5.73. The number of thioether (sulfide) groups is 1. The minimum atomic E-state index is 0.752. The summed E-state index contributed by atoms with van der Waals surface area (Å²) >= 11 is 3.78. The normalized spacial score (nSPS) is 22.4. The highest BCUT2D eigenvalue weighted by atomic mass is 32.2. The molecule has 0 unspecified atom stereocenters. The van der Waals surface area contributed by atoms with Crippen LogP contribution in [0.15, 0.2) is 11.7 Å². The summed E-state index contributed by atoms with van der Waals surface area (Å²) in [6.45, 7) is 1.21. The van der Waals surface area contributed by atoms with Crippen LogP contribution >= 0.6 is 23.1 Å². The van der Waals surface area contributed by atoms with Crippen LogP contribution in [0.5, 0.6) is 0 Å². The first-order chi connectivity index (χ1) is 6.95. The molecule has 4 heteroatoms. The molecule has 2 rings (SSSR count). The zero-order valence-corrected chi connectivity index (χ0v) is 9.87. The first-order valence-electron chi connectivity index (χ1n) is 5.13. The highest BCUT2D eigenvalue weighted by Gasteiger charge is 2.11. The van der Waals surface area contributed by atoms with Crippen LogP contribution in [0, 0.1) is 0 Å². The maximum absolute atomic E-state index is 4.08. The van der Waals surface area contributed by atoms with E-state index in [1.54, 1.807) is 11.3 Å². The first kappa shape index (κ1) is 10.5. The van der Waals surface area contributed by atoms with Gasteiger partial charge in [-0.3, -0.25) is 4.98 Å². The van der Waals surface area contributed by atoms with E-state index in [4.69, 9.17) is 0 Å². The Morgan fingerprint density at radius 2 is 2.57 bits per heavy atom. The molecule has 2 heterocycles. The van der Waals surface area contributed by atoms with Gasteiger partial charge in [0.1, 0.15) is 0 Å². The number of thiazole rings is 1. The van der Waals surface area contributed by atoms with E-state index in [0.29, 0.717) is 0 Å². The molecule has 1 fully saturated rings. The smallest absolute Gasteiger partial charge is 0.0794 e. The molecule has 0 aromatic carbocycles. The van der Waals surface area contributed by atoms with Crippen LogP contribution in [-0.4, -0.2) is 23.3 Å². The molecule has 1 aromatic heterocycles. The lowest BCUT2D eigenvalue weighted by molar-refractivity contribution is 0.430. The number of hydrogen-bond acceptors (Lipinski definition) is 4. The fourth-order valence-electron chi connectivity index (χ4n) is 1.68. The molecule has 1 atom stereocenters. The van der Waals surface area contributed by atoms with Crippen molar-refractivity contribution >= 4 is 23.1 Å². The summed E-state index contributed by atoms with van der Waals surface area (Å²) in [6.07, 6.45) is 6.09. The number of piperidine rings is 1. The summed E-state index contributed by atoms with van der Waals surface area (Å²) in [7, 11) is 0. The van der Waals surface area contributed by atoms with Crippen LogP contribution in [0.3, 0.4) is 0 Å². The maximum Gasteiger partial charge on any atom is 0.0794 e. The van der Waals surface area contributed by atoms with Gasteiger partial charge in [0.05, 0.1) is 5.51 Å². The highest BCUT2D eigenvalue weighted by molar-refractivity contribution is 7.98. The fourth-order valence-corrected chi connectivity index (χ4v) is 3.55. The van der Waals surface area contributed by atoms with Gasteiger partial charge >= 0.3 is 0 Å². The van der Waals surface area contributed by atoms with Gasteiger partial charge in [0.2, 0.25) is 0 Å². The molecule has 1 aliphatic heterocycles. The lowest BCUT2D eigenvalue weighted by Crippen LogP contribution is -2.35. The Labute approximate surface area is 93.5 Å². The van der Waals surface area contributed by atoms with Crippen molar-refractivity contribution < 1.29 is 0 Å². The predicted octanol–water partition coefficient (Wildman–Crippen LogP) is 2.52. The van der Waals surface area contributed by atoms with Crippen molar-refractivity contribution in [1.82, 2.24) is 10.3 Å². The highest BCUT2D eigenvalue weighted by Crippen LogP contribution is 2.18. The molecule has 0 radical (unpaired) electrons. The SMILES string of the molecule is c1ncc(CSC[C@@H]2CCCCN2)s1. The van der Waals surface area contributed by atoms with Gasteiger partial charge in [-0.05, 0) is 19.4 Å². The van der Waals surface area contributed by atoms with Crippen molar-refractivity contribution in [2.75, 3.05) is 12.3 Å². The summed E-state index contributed by atoms with van der Waals surface area (Å²) in [5.74, 6) is 2.38. The number of nitrogens with one attached hydrogen (secondary N) is 1. The van der Waals surface area contributed by atoms with E-state index in [9.17, 15) is 0 Å². The maximum atomic E-state index is 4.08. The van der Waals surface area contributed by atoms with E-state index in [-0.39, 0.29) is 0 Å². The molecule has 1 saturated heterocycles. The number of rotatable bonds is 4. The Balaban J connectivity index is 1.62. The van der Waals surface area contributed by atoms with Gasteiger partial charge < -0.3 is 5.32 Å². The average Bonchev–Trinajstić information content (AvgIpc) is 2.72. The Kier molecular flexibility index (Phi) is 4.28. The zero-order valence-electron chi connectivity index (χ0n) is 8.24. The van der Waals surface area contributed by atoms with Crippen molar-refractivity contribution in [1.29, 1.82) is 0 Å². The molecule has 1 aromatic rings. The molecular formula is C10H16N2S2. The van der Waals surface area contributed by atoms with Crippen LogP contribution in [0.1, 0.15) is 24.1 Å². The van der Waals surface area contributed by atoms with Crippen LogP contribution in [0.2, 0.25) is 0 Å². The molecule has 0 aliphatic carbocycles. The Morgan fingerprint density at radius 1 is 1.57 bits per heavy atom. The van der Waals surface area contributed by atoms with Gasteiger partial charge in [0, 0.05) is 28.6 Å². The summed E-state index contributed by atoms with van der Waals surface area (Å²) in [5, 5.41) is 3.57. The Morgan fingerprint density at radius 3 is 3.29 bits per heavy atom. The molecule has 0 spiro atoms. The average molecular weight is 228 g/mol. The van der Waals surface area contributed by atoms with Gasteiger partial charge in [-0.15, -0.1) is 11.3 Å². The minimum Gasteiger partial charge on any atom is -0.313 e.